The van der Waals surface area contributed by atoms with E-state index in [4.69, 9.17) is 16.3 Å². The molecule has 0 fully saturated rings. The first-order valence-corrected chi connectivity index (χ1v) is 5.81. The van der Waals surface area contributed by atoms with Gasteiger partial charge in [0.05, 0.1) is 31.0 Å². The quantitative estimate of drug-likeness (QED) is 0.714. The zero-order valence-electron chi connectivity index (χ0n) is 10.5. The number of nitriles is 2. The number of rotatable bonds is 7. The van der Waals surface area contributed by atoms with E-state index in [0.717, 1.165) is 0 Å². The molecule has 94 valence electrons. The summed E-state index contributed by atoms with van der Waals surface area (Å²) in [5, 5.41) is 17.0. The summed E-state index contributed by atoms with van der Waals surface area (Å²) < 4.78 is 0. The number of carbonyl (C=O) groups is 1. The molecular weight excluding hydrogens is 216 g/mol. The zero-order valence-corrected chi connectivity index (χ0v) is 10.5. The van der Waals surface area contributed by atoms with E-state index in [1.807, 2.05) is 26.0 Å². The smallest absolute Gasteiger partial charge is 0.239 e. The van der Waals surface area contributed by atoms with Crippen LogP contribution in [0, 0.1) is 28.6 Å². The molecule has 5 heteroatoms. The monoisotopic (exact) mass is 236 g/mol. The van der Waals surface area contributed by atoms with Gasteiger partial charge in [-0.3, -0.25) is 4.79 Å². The van der Waals surface area contributed by atoms with Crippen molar-refractivity contribution in [2.45, 2.75) is 39.2 Å². The van der Waals surface area contributed by atoms with Crippen LogP contribution in [0.1, 0.15) is 33.1 Å². The first kappa shape index (κ1) is 15.4. The summed E-state index contributed by atoms with van der Waals surface area (Å²) >= 11 is 0. The van der Waals surface area contributed by atoms with Gasteiger partial charge in [-0.15, -0.1) is 0 Å². The Morgan fingerprint density at radius 2 is 1.71 bits per heavy atom. The molecule has 0 spiro atoms. The van der Waals surface area contributed by atoms with Gasteiger partial charge in [0, 0.05) is 13.1 Å². The van der Waals surface area contributed by atoms with Gasteiger partial charge in [-0.2, -0.15) is 10.5 Å². The standard InChI is InChI=1S/C12H20N4O/c1-10(2)9-11(15)12(17)16(7-3-5-13)8-4-6-14/h10-11H,3-4,7-9,15H2,1-2H3/t11-/m1/s1. The van der Waals surface area contributed by atoms with Gasteiger partial charge in [0.25, 0.3) is 0 Å². The van der Waals surface area contributed by atoms with E-state index in [9.17, 15) is 4.79 Å². The molecule has 5 nitrogen and oxygen atoms in total. The predicted octanol–water partition coefficient (Wildman–Crippen LogP) is 1.02. The molecule has 2 N–H and O–H groups in total. The molecule has 0 radical (unpaired) electrons. The zero-order chi connectivity index (χ0) is 13.3. The molecule has 1 atom stereocenters. The Balaban J connectivity index is 4.40. The fraction of sp³-hybridized carbons (Fsp3) is 0.750. The highest BCUT2D eigenvalue weighted by Crippen LogP contribution is 2.06. The lowest BCUT2D eigenvalue weighted by molar-refractivity contribution is -0.132. The Labute approximate surface area is 103 Å². The Kier molecular flexibility index (Phi) is 7.75. The van der Waals surface area contributed by atoms with Crippen molar-refractivity contribution in [1.82, 2.24) is 4.90 Å². The summed E-state index contributed by atoms with van der Waals surface area (Å²) in [4.78, 5) is 13.5. The minimum atomic E-state index is -0.535. The fourth-order valence-corrected chi connectivity index (χ4v) is 1.55. The van der Waals surface area contributed by atoms with Gasteiger partial charge < -0.3 is 10.6 Å². The van der Waals surface area contributed by atoms with Crippen molar-refractivity contribution in [3.05, 3.63) is 0 Å². The van der Waals surface area contributed by atoms with Crippen LogP contribution in [0.2, 0.25) is 0 Å². The Bertz CT molecular complexity index is 295. The SMILES string of the molecule is CC(C)C[C@@H](N)C(=O)N(CCC#N)CCC#N. The molecule has 0 aromatic rings. The lowest BCUT2D eigenvalue weighted by Gasteiger charge is -2.24. The van der Waals surface area contributed by atoms with E-state index in [0.29, 0.717) is 25.4 Å². The van der Waals surface area contributed by atoms with Gasteiger partial charge in [0.15, 0.2) is 0 Å². The molecule has 0 bridgehead atoms. The first-order chi connectivity index (χ1) is 8.02. The molecule has 0 aliphatic carbocycles. The van der Waals surface area contributed by atoms with Crippen LogP contribution < -0.4 is 5.73 Å². The highest BCUT2D eigenvalue weighted by atomic mass is 16.2. The second-order valence-corrected chi connectivity index (χ2v) is 4.38. The molecule has 0 saturated carbocycles. The van der Waals surface area contributed by atoms with Crippen molar-refractivity contribution < 1.29 is 4.79 Å². The lowest BCUT2D eigenvalue weighted by Crippen LogP contribution is -2.45. The Morgan fingerprint density at radius 3 is 2.06 bits per heavy atom. The van der Waals surface area contributed by atoms with Crippen molar-refractivity contribution >= 4 is 5.91 Å². The molecule has 0 unspecified atom stereocenters. The minimum Gasteiger partial charge on any atom is -0.339 e. The second kappa shape index (κ2) is 8.55. The average molecular weight is 236 g/mol. The van der Waals surface area contributed by atoms with E-state index in [2.05, 4.69) is 0 Å². The summed E-state index contributed by atoms with van der Waals surface area (Å²) in [7, 11) is 0. The largest absolute Gasteiger partial charge is 0.339 e. The van der Waals surface area contributed by atoms with Crippen LogP contribution in [0.5, 0.6) is 0 Å². The number of nitrogens with two attached hydrogens (primary N) is 1. The summed E-state index contributed by atoms with van der Waals surface area (Å²) in [6.45, 7) is 4.70. The summed E-state index contributed by atoms with van der Waals surface area (Å²) in [5.74, 6) is 0.187. The molecule has 0 aliphatic heterocycles. The van der Waals surface area contributed by atoms with E-state index in [1.165, 1.54) is 4.90 Å². The van der Waals surface area contributed by atoms with Crippen molar-refractivity contribution in [1.29, 1.82) is 10.5 Å². The number of hydrogen-bond acceptors (Lipinski definition) is 4. The van der Waals surface area contributed by atoms with Crippen LogP contribution in [-0.2, 0) is 4.79 Å². The van der Waals surface area contributed by atoms with Crippen molar-refractivity contribution in [2.24, 2.45) is 11.7 Å². The number of carbonyl (C=O) groups excluding carboxylic acids is 1. The molecule has 0 rings (SSSR count). The molecule has 0 aliphatic rings. The minimum absolute atomic E-state index is 0.163. The molecule has 0 aromatic carbocycles. The van der Waals surface area contributed by atoms with Gasteiger partial charge >= 0.3 is 0 Å². The van der Waals surface area contributed by atoms with Crippen LogP contribution in [0.25, 0.3) is 0 Å². The van der Waals surface area contributed by atoms with Crippen LogP contribution in [0.4, 0.5) is 0 Å². The third kappa shape index (κ3) is 6.55. The molecule has 0 heterocycles. The molecule has 17 heavy (non-hydrogen) atoms. The van der Waals surface area contributed by atoms with Crippen molar-refractivity contribution in [3.8, 4) is 12.1 Å². The van der Waals surface area contributed by atoms with Gasteiger partial charge in [-0.25, -0.2) is 0 Å². The van der Waals surface area contributed by atoms with Gasteiger partial charge in [0.1, 0.15) is 0 Å². The normalized spacial score (nSPS) is 11.6. The van der Waals surface area contributed by atoms with Gasteiger partial charge in [-0.05, 0) is 12.3 Å². The fourth-order valence-electron chi connectivity index (χ4n) is 1.55. The van der Waals surface area contributed by atoms with Crippen LogP contribution in [0.3, 0.4) is 0 Å². The predicted molar refractivity (Wildman–Crippen MR) is 64.5 cm³/mol. The molecule has 0 saturated heterocycles. The number of nitrogens with zero attached hydrogens (tertiary/aromatic N) is 3. The van der Waals surface area contributed by atoms with E-state index in [-0.39, 0.29) is 18.7 Å². The van der Waals surface area contributed by atoms with Crippen LogP contribution >= 0.6 is 0 Å². The summed E-state index contributed by atoms with van der Waals surface area (Å²) in [6, 6.07) is 3.45. The van der Waals surface area contributed by atoms with Crippen molar-refractivity contribution in [3.63, 3.8) is 0 Å². The van der Waals surface area contributed by atoms with E-state index < -0.39 is 6.04 Å². The highest BCUT2D eigenvalue weighted by molar-refractivity contribution is 5.81. The summed E-state index contributed by atoms with van der Waals surface area (Å²) in [6.07, 6.45) is 1.16. The summed E-state index contributed by atoms with van der Waals surface area (Å²) in [5.41, 5.74) is 5.81. The Hall–Kier alpha value is -1.59. The average Bonchev–Trinajstić information content (AvgIpc) is 2.27. The maximum atomic E-state index is 12.0. The van der Waals surface area contributed by atoms with Crippen LogP contribution in [-0.4, -0.2) is 29.9 Å². The third-order valence-electron chi connectivity index (χ3n) is 2.34. The number of hydrogen-bond donors (Lipinski definition) is 1. The van der Waals surface area contributed by atoms with Gasteiger partial charge in [-0.1, -0.05) is 13.8 Å². The second-order valence-electron chi connectivity index (χ2n) is 4.38. The van der Waals surface area contributed by atoms with Crippen LogP contribution in [0.15, 0.2) is 0 Å². The molecular formula is C12H20N4O. The lowest BCUT2D eigenvalue weighted by atomic mass is 10.0. The third-order valence-corrected chi connectivity index (χ3v) is 2.34. The Morgan fingerprint density at radius 1 is 1.24 bits per heavy atom. The highest BCUT2D eigenvalue weighted by Gasteiger charge is 2.21. The molecule has 1 amide bonds. The maximum Gasteiger partial charge on any atom is 0.239 e. The first-order valence-electron chi connectivity index (χ1n) is 5.81. The maximum absolute atomic E-state index is 12.0. The van der Waals surface area contributed by atoms with E-state index in [1.54, 1.807) is 0 Å². The topological polar surface area (TPSA) is 93.9 Å². The van der Waals surface area contributed by atoms with E-state index >= 15 is 0 Å². The molecule has 0 aromatic heterocycles. The van der Waals surface area contributed by atoms with Crippen molar-refractivity contribution in [2.75, 3.05) is 13.1 Å². The van der Waals surface area contributed by atoms with Gasteiger partial charge in [0.2, 0.25) is 5.91 Å². The number of amides is 1.